The van der Waals surface area contributed by atoms with Crippen LogP contribution in [0.25, 0.3) is 22.5 Å². The summed E-state index contributed by atoms with van der Waals surface area (Å²) >= 11 is 0. The maximum absolute atomic E-state index is 12.0. The van der Waals surface area contributed by atoms with Crippen LogP contribution in [0.5, 0.6) is 0 Å². The molecular formula is C13H11N5O2S. The van der Waals surface area contributed by atoms with Gasteiger partial charge in [-0.3, -0.25) is 4.98 Å². The van der Waals surface area contributed by atoms with Gasteiger partial charge in [0.15, 0.2) is 9.84 Å². The van der Waals surface area contributed by atoms with Crippen molar-refractivity contribution in [1.82, 2.24) is 25.6 Å². The lowest BCUT2D eigenvalue weighted by Crippen LogP contribution is -2.02. The summed E-state index contributed by atoms with van der Waals surface area (Å²) < 4.78 is 24.1. The summed E-state index contributed by atoms with van der Waals surface area (Å²) in [4.78, 5) is 4.22. The van der Waals surface area contributed by atoms with Crippen molar-refractivity contribution in [2.45, 2.75) is 4.90 Å². The van der Waals surface area contributed by atoms with Crippen molar-refractivity contribution in [2.75, 3.05) is 6.26 Å². The number of pyridine rings is 1. The van der Waals surface area contributed by atoms with Gasteiger partial charge in [0.2, 0.25) is 5.82 Å². The minimum absolute atomic E-state index is 0.158. The van der Waals surface area contributed by atoms with E-state index < -0.39 is 9.84 Å². The molecule has 0 saturated heterocycles. The Balaban J connectivity index is 2.36. The molecule has 0 atom stereocenters. The molecule has 0 bridgehead atoms. The van der Waals surface area contributed by atoms with Gasteiger partial charge in [-0.2, -0.15) is 5.21 Å². The van der Waals surface area contributed by atoms with Gasteiger partial charge >= 0.3 is 0 Å². The summed E-state index contributed by atoms with van der Waals surface area (Å²) in [6, 6.07) is 8.64. The Hall–Kier alpha value is -2.61. The van der Waals surface area contributed by atoms with E-state index in [1.165, 1.54) is 6.07 Å². The molecule has 7 nitrogen and oxygen atoms in total. The van der Waals surface area contributed by atoms with Crippen LogP contribution < -0.4 is 0 Å². The van der Waals surface area contributed by atoms with E-state index in [4.69, 9.17) is 0 Å². The van der Waals surface area contributed by atoms with Gasteiger partial charge in [0.05, 0.1) is 4.90 Å². The highest BCUT2D eigenvalue weighted by molar-refractivity contribution is 7.90. The Morgan fingerprint density at radius 1 is 1.14 bits per heavy atom. The smallest absolute Gasteiger partial charge is 0.206 e. The normalized spacial score (nSPS) is 11.5. The van der Waals surface area contributed by atoms with Crippen LogP contribution in [0, 0.1) is 0 Å². The van der Waals surface area contributed by atoms with Gasteiger partial charge < -0.3 is 0 Å². The average molecular weight is 301 g/mol. The monoisotopic (exact) mass is 301 g/mol. The third-order valence-electron chi connectivity index (χ3n) is 2.97. The van der Waals surface area contributed by atoms with Crippen LogP contribution in [-0.2, 0) is 9.84 Å². The molecule has 0 spiro atoms. The molecular weight excluding hydrogens is 290 g/mol. The number of sulfone groups is 1. The summed E-state index contributed by atoms with van der Waals surface area (Å²) in [5.41, 5.74) is 1.89. The Morgan fingerprint density at radius 2 is 2.00 bits per heavy atom. The second-order valence-electron chi connectivity index (χ2n) is 4.43. The number of nitrogens with one attached hydrogen (secondary N) is 1. The molecule has 0 radical (unpaired) electrons. The first-order valence-corrected chi connectivity index (χ1v) is 7.94. The number of tetrazole rings is 1. The van der Waals surface area contributed by atoms with Crippen LogP contribution in [0.2, 0.25) is 0 Å². The molecule has 2 heterocycles. The fourth-order valence-electron chi connectivity index (χ4n) is 2.10. The molecule has 0 aliphatic carbocycles. The van der Waals surface area contributed by atoms with E-state index in [9.17, 15) is 8.42 Å². The zero-order valence-corrected chi connectivity index (χ0v) is 11.9. The second kappa shape index (κ2) is 5.06. The molecule has 0 aliphatic rings. The van der Waals surface area contributed by atoms with Crippen molar-refractivity contribution in [2.24, 2.45) is 0 Å². The number of rotatable bonds is 3. The molecule has 0 aliphatic heterocycles. The topological polar surface area (TPSA) is 101 Å². The van der Waals surface area contributed by atoms with Gasteiger partial charge in [-0.1, -0.05) is 18.2 Å². The molecule has 8 heteroatoms. The van der Waals surface area contributed by atoms with Gasteiger partial charge in [-0.05, 0) is 22.9 Å². The second-order valence-corrected chi connectivity index (χ2v) is 6.41. The van der Waals surface area contributed by atoms with E-state index in [0.717, 1.165) is 11.8 Å². The van der Waals surface area contributed by atoms with E-state index in [1.54, 1.807) is 30.6 Å². The molecule has 0 amide bonds. The number of nitrogens with zero attached hydrogens (tertiary/aromatic N) is 4. The zero-order valence-electron chi connectivity index (χ0n) is 11.1. The molecule has 0 saturated carbocycles. The van der Waals surface area contributed by atoms with Crippen molar-refractivity contribution >= 4 is 9.84 Å². The summed E-state index contributed by atoms with van der Waals surface area (Å²) in [7, 11) is -3.43. The summed E-state index contributed by atoms with van der Waals surface area (Å²) in [6.07, 6.45) is 4.46. The van der Waals surface area contributed by atoms with Crippen molar-refractivity contribution < 1.29 is 8.42 Å². The number of hydrogen-bond acceptors (Lipinski definition) is 6. The van der Waals surface area contributed by atoms with Crippen LogP contribution >= 0.6 is 0 Å². The zero-order chi connectivity index (χ0) is 14.9. The standard InChI is InChI=1S/C13H11N5O2S/c1-21(19,20)11-6-2-5-10(9-4-3-7-14-8-9)12(11)13-15-17-18-16-13/h2-8H,1H3,(H,15,16,17,18). The predicted octanol–water partition coefficient (Wildman–Crippen LogP) is 1.33. The molecule has 106 valence electrons. The summed E-state index contributed by atoms with van der Waals surface area (Å²) in [5.74, 6) is 0.231. The SMILES string of the molecule is CS(=O)(=O)c1cccc(-c2cccnc2)c1-c1nn[nH]n1. The van der Waals surface area contributed by atoms with Crippen molar-refractivity contribution in [3.63, 3.8) is 0 Å². The predicted molar refractivity (Wildman–Crippen MR) is 76.0 cm³/mol. The van der Waals surface area contributed by atoms with Crippen LogP contribution in [0.1, 0.15) is 0 Å². The molecule has 21 heavy (non-hydrogen) atoms. The first-order chi connectivity index (χ1) is 10.1. The lowest BCUT2D eigenvalue weighted by Gasteiger charge is -2.10. The van der Waals surface area contributed by atoms with Gasteiger partial charge in [0, 0.05) is 29.8 Å². The molecule has 2 aromatic heterocycles. The molecule has 1 N–H and O–H groups in total. The van der Waals surface area contributed by atoms with Crippen LogP contribution in [0.4, 0.5) is 0 Å². The number of H-pyrrole nitrogens is 1. The minimum Gasteiger partial charge on any atom is -0.264 e. The first kappa shape index (κ1) is 13.4. The van der Waals surface area contributed by atoms with Crippen molar-refractivity contribution in [3.8, 4) is 22.5 Å². The number of aromatic amines is 1. The fraction of sp³-hybridized carbons (Fsp3) is 0.0769. The number of hydrogen-bond donors (Lipinski definition) is 1. The average Bonchev–Trinajstić information content (AvgIpc) is 3.00. The third kappa shape index (κ3) is 2.52. The van der Waals surface area contributed by atoms with Gasteiger partial charge in [-0.15, -0.1) is 10.2 Å². The van der Waals surface area contributed by atoms with Crippen LogP contribution in [-0.4, -0.2) is 40.3 Å². The summed E-state index contributed by atoms with van der Waals surface area (Å²) in [6.45, 7) is 0. The minimum atomic E-state index is -3.43. The van der Waals surface area contributed by atoms with E-state index in [2.05, 4.69) is 25.6 Å². The lowest BCUT2D eigenvalue weighted by molar-refractivity contribution is 0.602. The molecule has 3 aromatic rings. The molecule has 0 unspecified atom stereocenters. The highest BCUT2D eigenvalue weighted by Gasteiger charge is 2.21. The Kier molecular flexibility index (Phi) is 3.22. The Labute approximate surface area is 121 Å². The van der Waals surface area contributed by atoms with Gasteiger partial charge in [-0.25, -0.2) is 8.42 Å². The van der Waals surface area contributed by atoms with E-state index >= 15 is 0 Å². The maximum Gasteiger partial charge on any atom is 0.206 e. The van der Waals surface area contributed by atoms with Gasteiger partial charge in [0.25, 0.3) is 0 Å². The van der Waals surface area contributed by atoms with Gasteiger partial charge in [0.1, 0.15) is 0 Å². The summed E-state index contributed by atoms with van der Waals surface area (Å²) in [5, 5.41) is 13.7. The molecule has 1 aromatic carbocycles. The van der Waals surface area contributed by atoms with Crippen LogP contribution in [0.3, 0.4) is 0 Å². The molecule has 3 rings (SSSR count). The number of aromatic nitrogens is 5. The van der Waals surface area contributed by atoms with Crippen LogP contribution in [0.15, 0.2) is 47.6 Å². The quantitative estimate of drug-likeness (QED) is 0.783. The van der Waals surface area contributed by atoms with Crippen molar-refractivity contribution in [1.29, 1.82) is 0 Å². The van der Waals surface area contributed by atoms with E-state index in [-0.39, 0.29) is 10.7 Å². The first-order valence-electron chi connectivity index (χ1n) is 6.04. The largest absolute Gasteiger partial charge is 0.264 e. The Bertz CT molecular complexity index is 861. The number of benzene rings is 1. The molecule has 0 fully saturated rings. The highest BCUT2D eigenvalue weighted by atomic mass is 32.2. The third-order valence-corrected chi connectivity index (χ3v) is 4.11. The maximum atomic E-state index is 12.0. The van der Waals surface area contributed by atoms with E-state index in [0.29, 0.717) is 11.1 Å². The van der Waals surface area contributed by atoms with E-state index in [1.807, 2.05) is 6.07 Å². The lowest BCUT2D eigenvalue weighted by atomic mass is 10.0. The van der Waals surface area contributed by atoms with Crippen molar-refractivity contribution in [3.05, 3.63) is 42.7 Å². The fourth-order valence-corrected chi connectivity index (χ4v) is 3.00. The Morgan fingerprint density at radius 3 is 2.62 bits per heavy atom. The highest BCUT2D eigenvalue weighted by Crippen LogP contribution is 2.34.